The maximum atomic E-state index is 5.80. The minimum absolute atomic E-state index is 0.195. The van der Waals surface area contributed by atoms with Gasteiger partial charge < -0.3 is 15.8 Å². The molecule has 4 nitrogen and oxygen atoms in total. The molecule has 1 aromatic rings. The summed E-state index contributed by atoms with van der Waals surface area (Å²) in [5, 5.41) is 3.09. The van der Waals surface area contributed by atoms with Gasteiger partial charge in [-0.05, 0) is 24.5 Å². The van der Waals surface area contributed by atoms with E-state index in [9.17, 15) is 0 Å². The molecule has 0 saturated heterocycles. The van der Waals surface area contributed by atoms with Crippen molar-refractivity contribution in [3.63, 3.8) is 0 Å². The second-order valence-electron chi connectivity index (χ2n) is 4.28. The summed E-state index contributed by atoms with van der Waals surface area (Å²) in [6, 6.07) is 10.0. The molecule has 1 aliphatic heterocycles. The highest BCUT2D eigenvalue weighted by Gasteiger charge is 2.10. The van der Waals surface area contributed by atoms with Crippen LogP contribution in [0.25, 0.3) is 0 Å². The first-order valence-corrected chi connectivity index (χ1v) is 6.23. The summed E-state index contributed by atoms with van der Waals surface area (Å²) in [6.45, 7) is 1.31. The Labute approximate surface area is 108 Å². The SMILES string of the molecule is NC(=NCc1ccccc1)NCC1CCC=CO1. The monoisotopic (exact) mass is 245 g/mol. The zero-order valence-corrected chi connectivity index (χ0v) is 10.4. The molecule has 0 fully saturated rings. The van der Waals surface area contributed by atoms with Gasteiger partial charge in [0.1, 0.15) is 6.10 Å². The topological polar surface area (TPSA) is 59.6 Å². The predicted octanol–water partition coefficient (Wildman–Crippen LogP) is 1.78. The van der Waals surface area contributed by atoms with E-state index >= 15 is 0 Å². The first kappa shape index (κ1) is 12.5. The number of benzene rings is 1. The third-order valence-electron chi connectivity index (χ3n) is 2.81. The number of hydrogen-bond donors (Lipinski definition) is 2. The number of nitrogens with two attached hydrogens (primary N) is 1. The normalized spacial score (nSPS) is 19.3. The molecule has 1 atom stereocenters. The van der Waals surface area contributed by atoms with Gasteiger partial charge in [0, 0.05) is 0 Å². The fourth-order valence-electron chi connectivity index (χ4n) is 1.77. The minimum Gasteiger partial charge on any atom is -0.497 e. The van der Waals surface area contributed by atoms with Gasteiger partial charge >= 0.3 is 0 Å². The Hall–Kier alpha value is -1.97. The van der Waals surface area contributed by atoms with Gasteiger partial charge in [0.15, 0.2) is 5.96 Å². The van der Waals surface area contributed by atoms with Crippen molar-refractivity contribution in [1.29, 1.82) is 0 Å². The van der Waals surface area contributed by atoms with Crippen LogP contribution < -0.4 is 11.1 Å². The minimum atomic E-state index is 0.195. The van der Waals surface area contributed by atoms with Crippen LogP contribution in [-0.4, -0.2) is 18.6 Å². The molecule has 18 heavy (non-hydrogen) atoms. The molecule has 3 N–H and O–H groups in total. The van der Waals surface area contributed by atoms with Crippen LogP contribution in [0.2, 0.25) is 0 Å². The molecular formula is C14H19N3O. The lowest BCUT2D eigenvalue weighted by Crippen LogP contribution is -2.38. The molecule has 0 spiro atoms. The van der Waals surface area contributed by atoms with Gasteiger partial charge in [0.25, 0.3) is 0 Å². The lowest BCUT2D eigenvalue weighted by atomic mass is 10.1. The number of allylic oxidation sites excluding steroid dienone is 1. The first-order chi connectivity index (χ1) is 8.84. The Morgan fingerprint density at radius 3 is 2.94 bits per heavy atom. The van der Waals surface area contributed by atoms with E-state index in [2.05, 4.69) is 10.3 Å². The maximum absolute atomic E-state index is 5.80. The summed E-state index contributed by atoms with van der Waals surface area (Å²) in [4.78, 5) is 4.29. The summed E-state index contributed by atoms with van der Waals surface area (Å²) < 4.78 is 5.44. The fourth-order valence-corrected chi connectivity index (χ4v) is 1.77. The number of ether oxygens (including phenoxy) is 1. The highest BCUT2D eigenvalue weighted by atomic mass is 16.5. The van der Waals surface area contributed by atoms with Crippen molar-refractivity contribution in [3.05, 3.63) is 48.2 Å². The van der Waals surface area contributed by atoms with Crippen LogP contribution in [0.5, 0.6) is 0 Å². The van der Waals surface area contributed by atoms with E-state index < -0.39 is 0 Å². The highest BCUT2D eigenvalue weighted by Crippen LogP contribution is 2.08. The van der Waals surface area contributed by atoms with Crippen molar-refractivity contribution in [3.8, 4) is 0 Å². The zero-order chi connectivity index (χ0) is 12.6. The lowest BCUT2D eigenvalue weighted by molar-refractivity contribution is 0.127. The molecule has 0 aromatic heterocycles. The molecule has 1 unspecified atom stereocenters. The second-order valence-corrected chi connectivity index (χ2v) is 4.28. The molecule has 4 heteroatoms. The number of hydrogen-bond acceptors (Lipinski definition) is 2. The molecule has 1 heterocycles. The average Bonchev–Trinajstić information content (AvgIpc) is 2.45. The Balaban J connectivity index is 1.73. The van der Waals surface area contributed by atoms with Gasteiger partial charge in [-0.2, -0.15) is 0 Å². The predicted molar refractivity (Wildman–Crippen MR) is 73.0 cm³/mol. The van der Waals surface area contributed by atoms with Crippen LogP contribution in [0.1, 0.15) is 18.4 Å². The van der Waals surface area contributed by atoms with Crippen LogP contribution in [0.4, 0.5) is 0 Å². The van der Waals surface area contributed by atoms with E-state index in [0.29, 0.717) is 19.0 Å². The molecular weight excluding hydrogens is 226 g/mol. The highest BCUT2D eigenvalue weighted by molar-refractivity contribution is 5.77. The van der Waals surface area contributed by atoms with E-state index in [1.807, 2.05) is 36.4 Å². The molecule has 0 radical (unpaired) electrons. The number of nitrogens with zero attached hydrogens (tertiary/aromatic N) is 1. The number of rotatable bonds is 4. The number of nitrogens with one attached hydrogen (secondary N) is 1. The third kappa shape index (κ3) is 4.13. The standard InChI is InChI=1S/C14H19N3O/c15-14(16-10-12-6-2-1-3-7-12)17-11-13-8-4-5-9-18-13/h1-3,5-7,9,13H,4,8,10-11H2,(H3,15,16,17). The Kier molecular flexibility index (Phi) is 4.64. The summed E-state index contributed by atoms with van der Waals surface area (Å²) in [6.07, 6.45) is 6.07. The molecule has 2 rings (SSSR count). The lowest BCUT2D eigenvalue weighted by Gasteiger charge is -2.19. The molecule has 0 aliphatic carbocycles. The van der Waals surface area contributed by atoms with E-state index in [1.165, 1.54) is 0 Å². The van der Waals surface area contributed by atoms with Crippen molar-refractivity contribution >= 4 is 5.96 Å². The van der Waals surface area contributed by atoms with Crippen LogP contribution in [-0.2, 0) is 11.3 Å². The van der Waals surface area contributed by atoms with Crippen molar-refractivity contribution in [2.45, 2.75) is 25.5 Å². The summed E-state index contributed by atoms with van der Waals surface area (Å²) in [7, 11) is 0. The second kappa shape index (κ2) is 6.69. The van der Waals surface area contributed by atoms with Gasteiger partial charge in [-0.25, -0.2) is 4.99 Å². The van der Waals surface area contributed by atoms with Crippen LogP contribution in [0, 0.1) is 0 Å². The van der Waals surface area contributed by atoms with Crippen LogP contribution in [0.15, 0.2) is 47.7 Å². The zero-order valence-electron chi connectivity index (χ0n) is 10.4. The van der Waals surface area contributed by atoms with Gasteiger partial charge in [0.2, 0.25) is 0 Å². The largest absolute Gasteiger partial charge is 0.497 e. The van der Waals surface area contributed by atoms with Gasteiger partial charge in [-0.3, -0.25) is 0 Å². The van der Waals surface area contributed by atoms with E-state index in [-0.39, 0.29) is 6.10 Å². The number of aliphatic imine (C=N–C) groups is 1. The van der Waals surface area contributed by atoms with E-state index in [1.54, 1.807) is 6.26 Å². The van der Waals surface area contributed by atoms with Gasteiger partial charge in [-0.15, -0.1) is 0 Å². The Morgan fingerprint density at radius 1 is 1.39 bits per heavy atom. The number of guanidine groups is 1. The van der Waals surface area contributed by atoms with Crippen molar-refractivity contribution in [2.24, 2.45) is 10.7 Å². The summed E-state index contributed by atoms with van der Waals surface area (Å²) in [5.41, 5.74) is 6.96. The smallest absolute Gasteiger partial charge is 0.189 e. The summed E-state index contributed by atoms with van der Waals surface area (Å²) >= 11 is 0. The van der Waals surface area contributed by atoms with Crippen LogP contribution >= 0.6 is 0 Å². The molecule has 0 bridgehead atoms. The van der Waals surface area contributed by atoms with Crippen molar-refractivity contribution in [1.82, 2.24) is 5.32 Å². The molecule has 0 amide bonds. The van der Waals surface area contributed by atoms with Gasteiger partial charge in [0.05, 0.1) is 19.4 Å². The average molecular weight is 245 g/mol. The molecule has 0 saturated carbocycles. The Morgan fingerprint density at radius 2 is 2.22 bits per heavy atom. The fraction of sp³-hybridized carbons (Fsp3) is 0.357. The Bertz CT molecular complexity index is 414. The van der Waals surface area contributed by atoms with E-state index in [0.717, 1.165) is 18.4 Å². The van der Waals surface area contributed by atoms with Crippen molar-refractivity contribution < 1.29 is 4.74 Å². The first-order valence-electron chi connectivity index (χ1n) is 6.23. The molecule has 96 valence electrons. The summed E-state index contributed by atoms with van der Waals surface area (Å²) in [5.74, 6) is 0.469. The van der Waals surface area contributed by atoms with Crippen molar-refractivity contribution in [2.75, 3.05) is 6.54 Å². The molecule has 1 aliphatic rings. The quantitative estimate of drug-likeness (QED) is 0.628. The maximum Gasteiger partial charge on any atom is 0.189 e. The van der Waals surface area contributed by atoms with E-state index in [4.69, 9.17) is 10.5 Å². The van der Waals surface area contributed by atoms with Crippen LogP contribution in [0.3, 0.4) is 0 Å². The van der Waals surface area contributed by atoms with Gasteiger partial charge in [-0.1, -0.05) is 30.3 Å². The molecule has 1 aromatic carbocycles. The third-order valence-corrected chi connectivity index (χ3v) is 2.81.